The van der Waals surface area contributed by atoms with Crippen LogP contribution < -0.4 is 10.2 Å². The van der Waals surface area contributed by atoms with Crippen LogP contribution in [0, 0.1) is 0 Å². The van der Waals surface area contributed by atoms with E-state index in [1.807, 2.05) is 26.0 Å². The minimum Gasteiger partial charge on any atom is -0.507 e. The van der Waals surface area contributed by atoms with Crippen LogP contribution in [0.5, 0.6) is 11.5 Å². The molecule has 2 aromatic carbocycles. The molecule has 1 aliphatic rings. The Labute approximate surface area is 126 Å². The largest absolute Gasteiger partial charge is 0.507 e. The molecule has 1 N–H and O–H groups in total. The lowest BCUT2D eigenvalue weighted by Gasteiger charge is -2.28. The number of aromatic hydroxyl groups is 1. The summed E-state index contributed by atoms with van der Waals surface area (Å²) >= 11 is 0. The van der Waals surface area contributed by atoms with Gasteiger partial charge in [0.25, 0.3) is 0 Å². The topological polar surface area (TPSA) is 59.7 Å². The summed E-state index contributed by atoms with van der Waals surface area (Å²) in [5.41, 5.74) is 0.706. The molecule has 0 atom stereocenters. The van der Waals surface area contributed by atoms with Crippen molar-refractivity contribution < 1.29 is 14.3 Å². The standard InChI is InChI=1S/C18H14O4/c1-18(2)8-7-10-9-12(19)14-15(20)11-5-3-4-6-13(11)21-17(14)16(10)22-18/h3-9,19H,1-2H3. The van der Waals surface area contributed by atoms with Crippen LogP contribution >= 0.6 is 0 Å². The average Bonchev–Trinajstić information content (AvgIpc) is 2.48. The van der Waals surface area contributed by atoms with Crippen LogP contribution in [0.15, 0.2) is 45.6 Å². The summed E-state index contributed by atoms with van der Waals surface area (Å²) in [6, 6.07) is 8.52. The maximum atomic E-state index is 12.7. The van der Waals surface area contributed by atoms with Crippen LogP contribution in [-0.2, 0) is 0 Å². The molecule has 0 aliphatic carbocycles. The molecule has 1 aliphatic heterocycles. The maximum Gasteiger partial charge on any atom is 0.204 e. The molecule has 0 unspecified atom stereocenters. The van der Waals surface area contributed by atoms with E-state index in [-0.39, 0.29) is 22.1 Å². The van der Waals surface area contributed by atoms with Crippen LogP contribution in [0.4, 0.5) is 0 Å². The number of hydrogen-bond acceptors (Lipinski definition) is 4. The van der Waals surface area contributed by atoms with E-state index in [0.717, 1.165) is 0 Å². The summed E-state index contributed by atoms with van der Waals surface area (Å²) in [5.74, 6) is 0.393. The summed E-state index contributed by atoms with van der Waals surface area (Å²) < 4.78 is 11.8. The van der Waals surface area contributed by atoms with Gasteiger partial charge in [0, 0.05) is 5.56 Å². The Morgan fingerprint density at radius 2 is 1.95 bits per heavy atom. The molecule has 2 heterocycles. The second-order valence-electron chi connectivity index (χ2n) is 5.98. The number of benzene rings is 2. The van der Waals surface area contributed by atoms with Crippen molar-refractivity contribution in [3.05, 3.63) is 52.2 Å². The summed E-state index contributed by atoms with van der Waals surface area (Å²) in [7, 11) is 0. The number of ether oxygens (including phenoxy) is 1. The second-order valence-corrected chi connectivity index (χ2v) is 5.98. The molecule has 0 spiro atoms. The quantitative estimate of drug-likeness (QED) is 0.640. The molecule has 0 radical (unpaired) electrons. The van der Waals surface area contributed by atoms with Crippen molar-refractivity contribution >= 4 is 28.0 Å². The molecule has 0 bridgehead atoms. The predicted octanol–water partition coefficient (Wildman–Crippen LogP) is 3.84. The predicted molar refractivity (Wildman–Crippen MR) is 85.4 cm³/mol. The van der Waals surface area contributed by atoms with E-state index in [4.69, 9.17) is 9.15 Å². The molecular weight excluding hydrogens is 280 g/mol. The van der Waals surface area contributed by atoms with Crippen molar-refractivity contribution in [2.75, 3.05) is 0 Å². The van der Waals surface area contributed by atoms with E-state index in [1.165, 1.54) is 6.07 Å². The fraction of sp³-hybridized carbons (Fsp3) is 0.167. The van der Waals surface area contributed by atoms with E-state index < -0.39 is 5.60 Å². The molecule has 0 amide bonds. The zero-order chi connectivity index (χ0) is 15.5. The van der Waals surface area contributed by atoms with Gasteiger partial charge in [0.1, 0.15) is 22.3 Å². The Bertz CT molecular complexity index is 1010. The Kier molecular flexibility index (Phi) is 2.43. The molecule has 1 aromatic heterocycles. The molecule has 0 saturated carbocycles. The third-order valence-corrected chi connectivity index (χ3v) is 3.84. The number of fused-ring (bicyclic) bond motifs is 4. The molecular formula is C18H14O4. The highest BCUT2D eigenvalue weighted by atomic mass is 16.5. The Morgan fingerprint density at radius 1 is 1.18 bits per heavy atom. The van der Waals surface area contributed by atoms with E-state index in [1.54, 1.807) is 24.3 Å². The maximum absolute atomic E-state index is 12.7. The second kappa shape index (κ2) is 4.13. The lowest BCUT2D eigenvalue weighted by atomic mass is 10.00. The molecule has 0 saturated heterocycles. The van der Waals surface area contributed by atoms with E-state index >= 15 is 0 Å². The summed E-state index contributed by atoms with van der Waals surface area (Å²) in [4.78, 5) is 12.7. The third-order valence-electron chi connectivity index (χ3n) is 3.84. The molecule has 22 heavy (non-hydrogen) atoms. The van der Waals surface area contributed by atoms with Gasteiger partial charge in [0.15, 0.2) is 11.3 Å². The van der Waals surface area contributed by atoms with Crippen molar-refractivity contribution in [1.29, 1.82) is 0 Å². The number of hydrogen-bond donors (Lipinski definition) is 1. The Hall–Kier alpha value is -2.75. The fourth-order valence-corrected chi connectivity index (χ4v) is 2.77. The summed E-state index contributed by atoms with van der Waals surface area (Å²) in [6.07, 6.45) is 3.77. The van der Waals surface area contributed by atoms with Gasteiger partial charge in [-0.1, -0.05) is 18.2 Å². The fourth-order valence-electron chi connectivity index (χ4n) is 2.77. The molecule has 3 aromatic rings. The van der Waals surface area contributed by atoms with Gasteiger partial charge in [-0.15, -0.1) is 0 Å². The van der Waals surface area contributed by atoms with E-state index in [2.05, 4.69) is 0 Å². The van der Waals surface area contributed by atoms with Gasteiger partial charge in [-0.3, -0.25) is 4.79 Å². The molecule has 4 heteroatoms. The third kappa shape index (κ3) is 1.73. The average molecular weight is 294 g/mol. The molecule has 0 fully saturated rings. The first-order chi connectivity index (χ1) is 10.5. The molecule has 4 nitrogen and oxygen atoms in total. The molecule has 4 rings (SSSR count). The minimum atomic E-state index is -0.499. The first kappa shape index (κ1) is 13.0. The number of phenols is 1. The first-order valence-corrected chi connectivity index (χ1v) is 7.06. The van der Waals surface area contributed by atoms with Crippen LogP contribution in [0.1, 0.15) is 19.4 Å². The van der Waals surface area contributed by atoms with Gasteiger partial charge >= 0.3 is 0 Å². The van der Waals surface area contributed by atoms with Gasteiger partial charge in [-0.2, -0.15) is 0 Å². The highest BCUT2D eigenvalue weighted by Gasteiger charge is 2.27. The van der Waals surface area contributed by atoms with Crippen LogP contribution in [0.3, 0.4) is 0 Å². The van der Waals surface area contributed by atoms with E-state index in [0.29, 0.717) is 22.3 Å². The summed E-state index contributed by atoms with van der Waals surface area (Å²) in [5, 5.41) is 10.8. The normalized spacial score (nSPS) is 15.7. The Morgan fingerprint density at radius 3 is 2.77 bits per heavy atom. The van der Waals surface area contributed by atoms with E-state index in [9.17, 15) is 9.90 Å². The van der Waals surface area contributed by atoms with Crippen LogP contribution in [0.2, 0.25) is 0 Å². The van der Waals surface area contributed by atoms with Crippen LogP contribution in [-0.4, -0.2) is 10.7 Å². The number of para-hydroxylation sites is 1. The SMILES string of the molecule is CC1(C)C=Cc2cc(O)c3c(=O)c4ccccc4oc3c2O1. The van der Waals surface area contributed by atoms with Crippen molar-refractivity contribution in [2.24, 2.45) is 0 Å². The van der Waals surface area contributed by atoms with Gasteiger partial charge in [-0.25, -0.2) is 0 Å². The van der Waals surface area contributed by atoms with Crippen molar-refractivity contribution in [3.63, 3.8) is 0 Å². The summed E-state index contributed by atoms with van der Waals surface area (Å²) in [6.45, 7) is 3.84. The lowest BCUT2D eigenvalue weighted by molar-refractivity contribution is 0.159. The highest BCUT2D eigenvalue weighted by Crippen LogP contribution is 2.41. The van der Waals surface area contributed by atoms with Crippen LogP contribution in [0.25, 0.3) is 28.0 Å². The molecule has 110 valence electrons. The smallest absolute Gasteiger partial charge is 0.204 e. The number of phenolic OH excluding ortho intramolecular Hbond substituents is 1. The first-order valence-electron chi connectivity index (χ1n) is 7.06. The van der Waals surface area contributed by atoms with Gasteiger partial charge in [0.05, 0.1) is 5.39 Å². The zero-order valence-electron chi connectivity index (χ0n) is 12.2. The lowest BCUT2D eigenvalue weighted by Crippen LogP contribution is -2.27. The highest BCUT2D eigenvalue weighted by molar-refractivity contribution is 5.98. The van der Waals surface area contributed by atoms with Gasteiger partial charge in [-0.05, 0) is 38.1 Å². The monoisotopic (exact) mass is 294 g/mol. The van der Waals surface area contributed by atoms with Crippen molar-refractivity contribution in [1.82, 2.24) is 0 Å². The van der Waals surface area contributed by atoms with Crippen molar-refractivity contribution in [3.8, 4) is 11.5 Å². The number of rotatable bonds is 0. The van der Waals surface area contributed by atoms with Gasteiger partial charge < -0.3 is 14.3 Å². The Balaban J connectivity index is 2.21. The minimum absolute atomic E-state index is 0.0961. The van der Waals surface area contributed by atoms with Crippen molar-refractivity contribution in [2.45, 2.75) is 19.4 Å². The zero-order valence-corrected chi connectivity index (χ0v) is 12.2. The van der Waals surface area contributed by atoms with Gasteiger partial charge in [0.2, 0.25) is 5.43 Å².